The maximum atomic E-state index is 13.3. The van der Waals surface area contributed by atoms with E-state index in [0.29, 0.717) is 16.8 Å². The fraction of sp³-hybridized carbons (Fsp3) is 0.214. The van der Waals surface area contributed by atoms with Gasteiger partial charge in [-0.3, -0.25) is 4.98 Å². The van der Waals surface area contributed by atoms with Crippen LogP contribution in [0, 0.1) is 12.7 Å². The fourth-order valence-corrected chi connectivity index (χ4v) is 1.94. The highest BCUT2D eigenvalue weighted by molar-refractivity contribution is 6.31. The van der Waals surface area contributed by atoms with Gasteiger partial charge in [0.15, 0.2) is 0 Å². The van der Waals surface area contributed by atoms with Crippen molar-refractivity contribution in [2.45, 2.75) is 19.5 Å². The van der Waals surface area contributed by atoms with Crippen molar-refractivity contribution in [2.24, 2.45) is 0 Å². The lowest BCUT2D eigenvalue weighted by Gasteiger charge is -2.09. The maximum Gasteiger partial charge on any atom is 0.416 e. The molecule has 0 N–H and O–H groups in total. The zero-order valence-electron chi connectivity index (χ0n) is 10.4. The van der Waals surface area contributed by atoms with Crippen molar-refractivity contribution in [3.05, 3.63) is 63.7 Å². The molecule has 0 saturated carbocycles. The number of alkyl halides is 3. The maximum absolute atomic E-state index is 13.3. The number of halogens is 5. The van der Waals surface area contributed by atoms with Crippen molar-refractivity contribution in [2.75, 3.05) is 0 Å². The molecule has 0 unspecified atom stereocenters. The van der Waals surface area contributed by atoms with Crippen LogP contribution in [0.25, 0.3) is 0 Å². The quantitative estimate of drug-likeness (QED) is 0.727. The van der Waals surface area contributed by atoms with Gasteiger partial charge in [-0.2, -0.15) is 13.2 Å². The predicted octanol–water partition coefficient (Wildman–Crippen LogP) is 4.79. The molecule has 0 atom stereocenters. The first-order chi connectivity index (χ1) is 9.25. The molecule has 1 heterocycles. The zero-order chi connectivity index (χ0) is 14.9. The standard InChI is InChI=1S/C14H10ClF4N/c1-8-7-20-12(6-13(8)15)4-9-2-10(14(17,18)19)5-11(16)3-9/h2-3,5-7H,4H2,1H3. The molecule has 1 aromatic carbocycles. The lowest BCUT2D eigenvalue weighted by Crippen LogP contribution is -2.06. The van der Waals surface area contributed by atoms with E-state index in [-0.39, 0.29) is 12.0 Å². The average molecular weight is 304 g/mol. The van der Waals surface area contributed by atoms with E-state index in [0.717, 1.165) is 17.7 Å². The van der Waals surface area contributed by atoms with Gasteiger partial charge in [0, 0.05) is 23.3 Å². The Morgan fingerprint density at radius 3 is 2.45 bits per heavy atom. The van der Waals surface area contributed by atoms with Crippen LogP contribution in [0.4, 0.5) is 17.6 Å². The molecule has 0 aliphatic carbocycles. The largest absolute Gasteiger partial charge is 0.416 e. The minimum absolute atomic E-state index is 0.0842. The molecule has 6 heteroatoms. The van der Waals surface area contributed by atoms with Gasteiger partial charge in [-0.05, 0) is 42.3 Å². The van der Waals surface area contributed by atoms with Crippen molar-refractivity contribution in [1.29, 1.82) is 0 Å². The van der Waals surface area contributed by atoms with Crippen molar-refractivity contribution >= 4 is 11.6 Å². The van der Waals surface area contributed by atoms with E-state index >= 15 is 0 Å². The summed E-state index contributed by atoms with van der Waals surface area (Å²) in [5.74, 6) is -0.923. The molecule has 0 radical (unpaired) electrons. The molecule has 106 valence electrons. The highest BCUT2D eigenvalue weighted by Gasteiger charge is 2.31. The molecule has 0 aliphatic heterocycles. The SMILES string of the molecule is Cc1cnc(Cc2cc(F)cc(C(F)(F)F)c2)cc1Cl. The summed E-state index contributed by atoms with van der Waals surface area (Å²) in [6.45, 7) is 1.77. The van der Waals surface area contributed by atoms with Gasteiger partial charge < -0.3 is 0 Å². The smallest absolute Gasteiger partial charge is 0.261 e. The molecule has 1 nitrogen and oxygen atoms in total. The number of hydrogen-bond acceptors (Lipinski definition) is 1. The Morgan fingerprint density at radius 2 is 1.85 bits per heavy atom. The first-order valence-corrected chi connectivity index (χ1v) is 6.11. The molecule has 1 aromatic heterocycles. The van der Waals surface area contributed by atoms with Crippen molar-refractivity contribution in [1.82, 2.24) is 4.98 Å². The van der Waals surface area contributed by atoms with Crippen LogP contribution in [0.1, 0.15) is 22.4 Å². The Labute approximate surface area is 118 Å². The lowest BCUT2D eigenvalue weighted by molar-refractivity contribution is -0.137. The van der Waals surface area contributed by atoms with Crippen molar-refractivity contribution < 1.29 is 17.6 Å². The van der Waals surface area contributed by atoms with Crippen LogP contribution in [0.3, 0.4) is 0 Å². The van der Waals surface area contributed by atoms with E-state index in [2.05, 4.69) is 4.98 Å². The molecule has 2 rings (SSSR count). The highest BCUT2D eigenvalue weighted by atomic mass is 35.5. The average Bonchev–Trinajstić information content (AvgIpc) is 2.32. The molecule has 0 amide bonds. The number of hydrogen-bond donors (Lipinski definition) is 0. The van der Waals surface area contributed by atoms with Gasteiger partial charge in [-0.1, -0.05) is 11.6 Å². The topological polar surface area (TPSA) is 12.9 Å². The van der Waals surface area contributed by atoms with Crippen molar-refractivity contribution in [3.63, 3.8) is 0 Å². The number of aryl methyl sites for hydroxylation is 1. The molecule has 0 bridgehead atoms. The van der Waals surface area contributed by atoms with Crippen molar-refractivity contribution in [3.8, 4) is 0 Å². The first-order valence-electron chi connectivity index (χ1n) is 5.73. The number of benzene rings is 1. The molecule has 20 heavy (non-hydrogen) atoms. The number of rotatable bonds is 2. The Morgan fingerprint density at radius 1 is 1.15 bits per heavy atom. The third-order valence-corrected chi connectivity index (χ3v) is 3.17. The molecule has 2 aromatic rings. The van der Waals surface area contributed by atoms with Crippen LogP contribution in [0.2, 0.25) is 5.02 Å². The summed E-state index contributed by atoms with van der Waals surface area (Å²) < 4.78 is 51.1. The van der Waals surface area contributed by atoms with Gasteiger partial charge in [-0.15, -0.1) is 0 Å². The third-order valence-electron chi connectivity index (χ3n) is 2.76. The van der Waals surface area contributed by atoms with E-state index in [1.54, 1.807) is 13.0 Å². The Kier molecular flexibility index (Phi) is 3.99. The van der Waals surface area contributed by atoms with Crippen LogP contribution in [-0.2, 0) is 12.6 Å². The van der Waals surface area contributed by atoms with Crippen LogP contribution in [-0.4, -0.2) is 4.98 Å². The second-order valence-corrected chi connectivity index (χ2v) is 4.85. The zero-order valence-corrected chi connectivity index (χ0v) is 11.2. The van der Waals surface area contributed by atoms with E-state index in [1.807, 2.05) is 0 Å². The summed E-state index contributed by atoms with van der Waals surface area (Å²) in [5.41, 5.74) is 0.445. The summed E-state index contributed by atoms with van der Waals surface area (Å²) in [4.78, 5) is 4.07. The molecule has 0 aliphatic rings. The van der Waals surface area contributed by atoms with E-state index < -0.39 is 17.6 Å². The number of pyridine rings is 1. The second-order valence-electron chi connectivity index (χ2n) is 4.45. The summed E-state index contributed by atoms with van der Waals surface area (Å²) in [5, 5.41) is 0.474. The molecular formula is C14H10ClF4N. The summed E-state index contributed by atoms with van der Waals surface area (Å²) >= 11 is 5.92. The lowest BCUT2D eigenvalue weighted by atomic mass is 10.0. The van der Waals surface area contributed by atoms with Crippen LogP contribution < -0.4 is 0 Å². The van der Waals surface area contributed by atoms with Crippen LogP contribution in [0.5, 0.6) is 0 Å². The van der Waals surface area contributed by atoms with E-state index in [1.165, 1.54) is 6.20 Å². The summed E-state index contributed by atoms with van der Waals surface area (Å²) in [6, 6.07) is 4.01. The predicted molar refractivity (Wildman–Crippen MR) is 68.2 cm³/mol. The Bertz CT molecular complexity index is 638. The van der Waals surface area contributed by atoms with Gasteiger partial charge >= 0.3 is 6.18 Å². The van der Waals surface area contributed by atoms with Crippen LogP contribution >= 0.6 is 11.6 Å². The Balaban J connectivity index is 2.33. The van der Waals surface area contributed by atoms with Crippen LogP contribution in [0.15, 0.2) is 30.5 Å². The van der Waals surface area contributed by atoms with E-state index in [4.69, 9.17) is 11.6 Å². The minimum atomic E-state index is -4.57. The molecule has 0 spiro atoms. The van der Waals surface area contributed by atoms with Gasteiger partial charge in [0.2, 0.25) is 0 Å². The van der Waals surface area contributed by atoms with Gasteiger partial charge in [0.05, 0.1) is 5.56 Å². The summed E-state index contributed by atoms with van der Waals surface area (Å²) in [7, 11) is 0. The number of aromatic nitrogens is 1. The minimum Gasteiger partial charge on any atom is -0.261 e. The Hall–Kier alpha value is -1.62. The van der Waals surface area contributed by atoms with Gasteiger partial charge in [0.1, 0.15) is 5.82 Å². The highest BCUT2D eigenvalue weighted by Crippen LogP contribution is 2.31. The second kappa shape index (κ2) is 5.40. The number of nitrogens with zero attached hydrogens (tertiary/aromatic N) is 1. The molecular weight excluding hydrogens is 294 g/mol. The molecule has 0 fully saturated rings. The van der Waals surface area contributed by atoms with E-state index in [9.17, 15) is 17.6 Å². The molecule has 0 saturated heterocycles. The fourth-order valence-electron chi connectivity index (χ4n) is 1.76. The van der Waals surface area contributed by atoms with Gasteiger partial charge in [0.25, 0.3) is 0 Å². The summed E-state index contributed by atoms with van der Waals surface area (Å²) in [6.07, 6.45) is -2.96. The third kappa shape index (κ3) is 3.48. The monoisotopic (exact) mass is 303 g/mol. The first kappa shape index (κ1) is 14.8. The van der Waals surface area contributed by atoms with Gasteiger partial charge in [-0.25, -0.2) is 4.39 Å². The normalized spacial score (nSPS) is 11.7.